The van der Waals surface area contributed by atoms with Crippen LogP contribution in [0.15, 0.2) is 18.6 Å². The van der Waals surface area contributed by atoms with E-state index in [0.717, 1.165) is 18.5 Å². The third kappa shape index (κ3) is 2.27. The van der Waals surface area contributed by atoms with Gasteiger partial charge in [0, 0.05) is 18.6 Å². The fourth-order valence-electron chi connectivity index (χ4n) is 1.22. The van der Waals surface area contributed by atoms with Crippen LogP contribution in [0, 0.1) is 0 Å². The molecule has 0 radical (unpaired) electrons. The lowest BCUT2D eigenvalue weighted by Crippen LogP contribution is -2.17. The first-order valence-electron chi connectivity index (χ1n) is 4.31. The molecule has 0 bridgehead atoms. The number of hydrogen-bond donors (Lipinski definition) is 1. The number of nitrogens with one attached hydrogen (secondary N) is 1. The lowest BCUT2D eigenvalue weighted by Gasteiger charge is -2.13. The van der Waals surface area contributed by atoms with Crippen LogP contribution in [0.4, 0.5) is 0 Å². The molecule has 1 aromatic heterocycles. The summed E-state index contributed by atoms with van der Waals surface area (Å²) in [7, 11) is 1.95. The molecule has 1 heterocycles. The van der Waals surface area contributed by atoms with Crippen LogP contribution in [0.1, 0.15) is 31.5 Å². The normalized spacial score (nSPS) is 12.8. The quantitative estimate of drug-likeness (QED) is 0.735. The smallest absolute Gasteiger partial charge is 0.0755 e. The van der Waals surface area contributed by atoms with Crippen molar-refractivity contribution in [1.29, 1.82) is 0 Å². The van der Waals surface area contributed by atoms with E-state index in [0.29, 0.717) is 6.04 Å². The summed E-state index contributed by atoms with van der Waals surface area (Å²) in [6, 6.07) is 0.351. The first-order chi connectivity index (χ1) is 5.88. The van der Waals surface area contributed by atoms with Crippen molar-refractivity contribution in [1.82, 2.24) is 15.3 Å². The van der Waals surface area contributed by atoms with Gasteiger partial charge < -0.3 is 5.32 Å². The second kappa shape index (κ2) is 4.83. The average molecular weight is 165 g/mol. The Morgan fingerprint density at radius 2 is 2.33 bits per heavy atom. The Balaban J connectivity index is 2.66. The molecule has 12 heavy (non-hydrogen) atoms. The molecule has 0 saturated heterocycles. The van der Waals surface area contributed by atoms with Gasteiger partial charge in [-0.05, 0) is 13.5 Å². The molecule has 66 valence electrons. The Morgan fingerprint density at radius 3 is 2.83 bits per heavy atom. The van der Waals surface area contributed by atoms with Gasteiger partial charge in [-0.25, -0.2) is 0 Å². The van der Waals surface area contributed by atoms with Crippen LogP contribution in [-0.2, 0) is 0 Å². The van der Waals surface area contributed by atoms with E-state index >= 15 is 0 Å². The maximum atomic E-state index is 4.24. The Kier molecular flexibility index (Phi) is 3.67. The first kappa shape index (κ1) is 9.13. The second-order valence-electron chi connectivity index (χ2n) is 2.76. The lowest BCUT2D eigenvalue weighted by atomic mass is 10.1. The molecule has 3 heteroatoms. The highest BCUT2D eigenvalue weighted by molar-refractivity contribution is 5.01. The summed E-state index contributed by atoms with van der Waals surface area (Å²) in [6.45, 7) is 2.17. The Hall–Kier alpha value is -0.960. The molecule has 1 aromatic rings. The van der Waals surface area contributed by atoms with Crippen LogP contribution in [0.5, 0.6) is 0 Å². The van der Waals surface area contributed by atoms with E-state index in [1.165, 1.54) is 0 Å². The molecule has 0 aromatic carbocycles. The summed E-state index contributed by atoms with van der Waals surface area (Å²) in [6.07, 6.45) is 7.51. The van der Waals surface area contributed by atoms with Crippen LogP contribution in [0.2, 0.25) is 0 Å². The molecule has 0 spiro atoms. The van der Waals surface area contributed by atoms with Crippen molar-refractivity contribution >= 4 is 0 Å². The molecule has 0 aliphatic rings. The molecule has 0 saturated carbocycles. The first-order valence-corrected chi connectivity index (χ1v) is 4.31. The number of nitrogens with zero attached hydrogens (tertiary/aromatic N) is 2. The highest BCUT2D eigenvalue weighted by Crippen LogP contribution is 2.13. The van der Waals surface area contributed by atoms with Crippen molar-refractivity contribution in [3.8, 4) is 0 Å². The summed E-state index contributed by atoms with van der Waals surface area (Å²) in [5.41, 5.74) is 1.03. The molecule has 1 N–H and O–H groups in total. The molecule has 0 aliphatic carbocycles. The van der Waals surface area contributed by atoms with Gasteiger partial charge in [0.2, 0.25) is 0 Å². The van der Waals surface area contributed by atoms with Gasteiger partial charge >= 0.3 is 0 Å². The Bertz CT molecular complexity index is 210. The van der Waals surface area contributed by atoms with Gasteiger partial charge in [0.15, 0.2) is 0 Å². The summed E-state index contributed by atoms with van der Waals surface area (Å²) in [4.78, 5) is 8.28. The van der Waals surface area contributed by atoms with Crippen molar-refractivity contribution in [2.45, 2.75) is 25.8 Å². The molecular weight excluding hydrogens is 150 g/mol. The van der Waals surface area contributed by atoms with Crippen molar-refractivity contribution in [2.75, 3.05) is 7.05 Å². The predicted octanol–water partition coefficient (Wildman–Crippen LogP) is 1.54. The summed E-state index contributed by atoms with van der Waals surface area (Å²) < 4.78 is 0. The molecule has 1 unspecified atom stereocenters. The molecule has 3 nitrogen and oxygen atoms in total. The van der Waals surface area contributed by atoms with E-state index in [1.807, 2.05) is 13.2 Å². The SMILES string of the molecule is CCCC(NC)c1cnccn1. The van der Waals surface area contributed by atoms with Gasteiger partial charge in [0.05, 0.1) is 11.7 Å². The van der Waals surface area contributed by atoms with Crippen LogP contribution >= 0.6 is 0 Å². The van der Waals surface area contributed by atoms with Crippen LogP contribution < -0.4 is 5.32 Å². The fourth-order valence-corrected chi connectivity index (χ4v) is 1.22. The Morgan fingerprint density at radius 1 is 1.50 bits per heavy atom. The number of hydrogen-bond acceptors (Lipinski definition) is 3. The molecular formula is C9H15N3. The van der Waals surface area contributed by atoms with E-state index in [9.17, 15) is 0 Å². The number of rotatable bonds is 4. The van der Waals surface area contributed by atoms with Crippen molar-refractivity contribution in [2.24, 2.45) is 0 Å². The van der Waals surface area contributed by atoms with E-state index < -0.39 is 0 Å². The molecule has 1 atom stereocenters. The molecule has 0 aliphatic heterocycles. The minimum absolute atomic E-state index is 0.351. The van der Waals surface area contributed by atoms with Crippen LogP contribution in [-0.4, -0.2) is 17.0 Å². The van der Waals surface area contributed by atoms with Crippen LogP contribution in [0.25, 0.3) is 0 Å². The van der Waals surface area contributed by atoms with E-state index in [1.54, 1.807) is 12.4 Å². The second-order valence-corrected chi connectivity index (χ2v) is 2.76. The zero-order valence-electron chi connectivity index (χ0n) is 7.62. The van der Waals surface area contributed by atoms with E-state index in [-0.39, 0.29) is 0 Å². The molecule has 0 amide bonds. The predicted molar refractivity (Wildman–Crippen MR) is 48.7 cm³/mol. The Labute approximate surface area is 73.2 Å². The average Bonchev–Trinajstić information content (AvgIpc) is 2.15. The van der Waals surface area contributed by atoms with Crippen molar-refractivity contribution < 1.29 is 0 Å². The molecule has 0 fully saturated rings. The summed E-state index contributed by atoms with van der Waals surface area (Å²) in [5, 5.41) is 3.22. The monoisotopic (exact) mass is 165 g/mol. The minimum Gasteiger partial charge on any atom is -0.312 e. The maximum absolute atomic E-state index is 4.24. The summed E-state index contributed by atoms with van der Waals surface area (Å²) in [5.74, 6) is 0. The van der Waals surface area contributed by atoms with Gasteiger partial charge in [-0.2, -0.15) is 0 Å². The van der Waals surface area contributed by atoms with Gasteiger partial charge in [0.1, 0.15) is 0 Å². The minimum atomic E-state index is 0.351. The van der Waals surface area contributed by atoms with Gasteiger partial charge in [-0.3, -0.25) is 9.97 Å². The standard InChI is InChI=1S/C9H15N3/c1-3-4-8(10-2)9-7-11-5-6-12-9/h5-8,10H,3-4H2,1-2H3. The fraction of sp³-hybridized carbons (Fsp3) is 0.556. The largest absolute Gasteiger partial charge is 0.312 e. The summed E-state index contributed by atoms with van der Waals surface area (Å²) >= 11 is 0. The molecule has 1 rings (SSSR count). The van der Waals surface area contributed by atoms with Gasteiger partial charge in [-0.15, -0.1) is 0 Å². The third-order valence-corrected chi connectivity index (χ3v) is 1.87. The highest BCUT2D eigenvalue weighted by atomic mass is 14.9. The van der Waals surface area contributed by atoms with E-state index in [2.05, 4.69) is 22.2 Å². The maximum Gasteiger partial charge on any atom is 0.0755 e. The topological polar surface area (TPSA) is 37.8 Å². The zero-order valence-corrected chi connectivity index (χ0v) is 7.62. The highest BCUT2D eigenvalue weighted by Gasteiger charge is 2.07. The number of aromatic nitrogens is 2. The van der Waals surface area contributed by atoms with Gasteiger partial charge in [0.25, 0.3) is 0 Å². The lowest BCUT2D eigenvalue weighted by molar-refractivity contribution is 0.526. The van der Waals surface area contributed by atoms with Crippen molar-refractivity contribution in [3.63, 3.8) is 0 Å². The van der Waals surface area contributed by atoms with Crippen molar-refractivity contribution in [3.05, 3.63) is 24.3 Å². The van der Waals surface area contributed by atoms with E-state index in [4.69, 9.17) is 0 Å². The third-order valence-electron chi connectivity index (χ3n) is 1.87. The van der Waals surface area contributed by atoms with Gasteiger partial charge in [-0.1, -0.05) is 13.3 Å². The van der Waals surface area contributed by atoms with Crippen LogP contribution in [0.3, 0.4) is 0 Å². The zero-order chi connectivity index (χ0) is 8.81.